The zero-order valence-electron chi connectivity index (χ0n) is 7.78. The molecule has 5 atom stereocenters. The van der Waals surface area contributed by atoms with Crippen LogP contribution in [0, 0.1) is 17.8 Å². The van der Waals surface area contributed by atoms with E-state index in [0.29, 0.717) is 20.1 Å². The molecule has 0 heterocycles. The standard InChI is InChI=1S/C10H6Cl6/c11-5-3-1-2-4(5)10(16,8(14)6(2)12)9(15)7(3)13/h2-5H,1H2/t2-,3+,4-,5?,10-/m0/s1. The molecule has 0 aromatic carbocycles. The summed E-state index contributed by atoms with van der Waals surface area (Å²) in [4.78, 5) is -0.999. The van der Waals surface area contributed by atoms with E-state index in [9.17, 15) is 0 Å². The van der Waals surface area contributed by atoms with E-state index in [1.165, 1.54) is 0 Å². The molecule has 2 bridgehead atoms. The van der Waals surface area contributed by atoms with Crippen molar-refractivity contribution in [2.24, 2.45) is 17.8 Å². The molecule has 0 aromatic rings. The van der Waals surface area contributed by atoms with Gasteiger partial charge in [-0.25, -0.2) is 0 Å². The normalized spacial score (nSPS) is 50.6. The highest BCUT2D eigenvalue weighted by Gasteiger charge is 2.65. The van der Waals surface area contributed by atoms with Gasteiger partial charge in [0.2, 0.25) is 0 Å². The summed E-state index contributed by atoms with van der Waals surface area (Å²) in [6, 6.07) is 0. The Bertz CT molecular complexity index is 439. The van der Waals surface area contributed by atoms with Crippen LogP contribution in [-0.2, 0) is 0 Å². The van der Waals surface area contributed by atoms with Crippen molar-refractivity contribution in [1.29, 1.82) is 0 Å². The number of hydrogen-bond donors (Lipinski definition) is 0. The Morgan fingerprint density at radius 1 is 0.938 bits per heavy atom. The van der Waals surface area contributed by atoms with Crippen molar-refractivity contribution in [2.75, 3.05) is 0 Å². The molecule has 3 rings (SSSR count). The van der Waals surface area contributed by atoms with Crippen LogP contribution in [0.15, 0.2) is 20.1 Å². The summed E-state index contributed by atoms with van der Waals surface area (Å²) >= 11 is 37.8. The lowest BCUT2D eigenvalue weighted by molar-refractivity contribution is 0.433. The molecule has 0 saturated heterocycles. The van der Waals surface area contributed by atoms with E-state index in [1.807, 2.05) is 0 Å². The van der Waals surface area contributed by atoms with Crippen LogP contribution in [0.25, 0.3) is 0 Å². The van der Waals surface area contributed by atoms with Crippen LogP contribution < -0.4 is 0 Å². The SMILES string of the molecule is ClC1=C(Cl)[C@]2(Cl)C(Cl)=C(Cl)[C@@H]3C[C@H]1[C@H]2C3Cl. The molecule has 1 unspecified atom stereocenters. The van der Waals surface area contributed by atoms with Gasteiger partial charge in [-0.2, -0.15) is 0 Å². The van der Waals surface area contributed by atoms with Gasteiger partial charge in [-0.15, -0.1) is 23.2 Å². The number of allylic oxidation sites excluding steroid dienone is 4. The van der Waals surface area contributed by atoms with E-state index in [2.05, 4.69) is 0 Å². The van der Waals surface area contributed by atoms with Gasteiger partial charge in [-0.1, -0.05) is 46.4 Å². The molecule has 0 radical (unpaired) electrons. The molecule has 16 heavy (non-hydrogen) atoms. The topological polar surface area (TPSA) is 0 Å². The van der Waals surface area contributed by atoms with Crippen molar-refractivity contribution in [3.05, 3.63) is 20.1 Å². The van der Waals surface area contributed by atoms with Gasteiger partial charge in [0.25, 0.3) is 0 Å². The highest BCUT2D eigenvalue weighted by Crippen LogP contribution is 2.69. The Labute approximate surface area is 123 Å². The zero-order valence-corrected chi connectivity index (χ0v) is 12.3. The number of alkyl halides is 2. The molecule has 1 fully saturated rings. The molecule has 0 N–H and O–H groups in total. The van der Waals surface area contributed by atoms with E-state index in [-0.39, 0.29) is 23.1 Å². The minimum absolute atomic E-state index is 0.0455. The molecule has 0 spiro atoms. The van der Waals surface area contributed by atoms with Gasteiger partial charge in [-0.3, -0.25) is 0 Å². The van der Waals surface area contributed by atoms with Crippen LogP contribution in [0.5, 0.6) is 0 Å². The third-order valence-corrected chi connectivity index (χ3v) is 7.37. The number of hydrogen-bond acceptors (Lipinski definition) is 0. The summed E-state index contributed by atoms with van der Waals surface area (Å²) < 4.78 is 0. The summed E-state index contributed by atoms with van der Waals surface area (Å²) in [6.07, 6.45) is 0.775. The van der Waals surface area contributed by atoms with Crippen molar-refractivity contribution < 1.29 is 0 Å². The van der Waals surface area contributed by atoms with Crippen molar-refractivity contribution in [2.45, 2.75) is 16.7 Å². The maximum atomic E-state index is 6.55. The molecule has 6 heteroatoms. The second-order valence-corrected chi connectivity index (χ2v) is 7.12. The lowest BCUT2D eigenvalue weighted by Crippen LogP contribution is -2.40. The lowest BCUT2D eigenvalue weighted by atomic mass is 9.84. The zero-order chi connectivity index (χ0) is 11.8. The van der Waals surface area contributed by atoms with Gasteiger partial charge in [0.05, 0.1) is 10.1 Å². The summed E-state index contributed by atoms with van der Waals surface area (Å²) in [5.41, 5.74) is 0. The first-order valence-corrected chi connectivity index (χ1v) is 7.17. The van der Waals surface area contributed by atoms with Gasteiger partial charge < -0.3 is 0 Å². The molecule has 0 amide bonds. The maximum absolute atomic E-state index is 6.55. The minimum Gasteiger partial charge on any atom is -0.122 e. The molecule has 3 aliphatic rings. The van der Waals surface area contributed by atoms with E-state index >= 15 is 0 Å². The van der Waals surface area contributed by atoms with Crippen LogP contribution >= 0.6 is 69.6 Å². The third kappa shape index (κ3) is 1.17. The van der Waals surface area contributed by atoms with Crippen LogP contribution in [0.3, 0.4) is 0 Å². The van der Waals surface area contributed by atoms with Crippen LogP contribution in [0.4, 0.5) is 0 Å². The third-order valence-electron chi connectivity index (χ3n) is 3.84. The van der Waals surface area contributed by atoms with Gasteiger partial charge in [0, 0.05) is 33.2 Å². The molecule has 0 nitrogen and oxygen atoms in total. The maximum Gasteiger partial charge on any atom is 0.122 e. The molecular weight excluding hydrogens is 333 g/mol. The van der Waals surface area contributed by atoms with Crippen LogP contribution in [0.1, 0.15) is 6.42 Å². The monoisotopic (exact) mass is 336 g/mol. The minimum atomic E-state index is -0.999. The van der Waals surface area contributed by atoms with E-state index < -0.39 is 4.87 Å². The quantitative estimate of drug-likeness (QED) is 0.530. The van der Waals surface area contributed by atoms with Gasteiger partial charge in [-0.05, 0) is 6.42 Å². The van der Waals surface area contributed by atoms with Gasteiger partial charge in [0.15, 0.2) is 0 Å². The van der Waals surface area contributed by atoms with E-state index in [4.69, 9.17) is 69.6 Å². The summed E-state index contributed by atoms with van der Waals surface area (Å²) in [6.45, 7) is 0. The fourth-order valence-corrected chi connectivity index (χ4v) is 5.91. The Kier molecular flexibility index (Phi) is 2.77. The van der Waals surface area contributed by atoms with Crippen LogP contribution in [0.2, 0.25) is 0 Å². The Hall–Kier alpha value is 1.22. The van der Waals surface area contributed by atoms with Crippen molar-refractivity contribution in [1.82, 2.24) is 0 Å². The Morgan fingerprint density at radius 2 is 1.44 bits per heavy atom. The smallest absolute Gasteiger partial charge is 0.122 e. The average molecular weight is 339 g/mol. The number of rotatable bonds is 0. The molecular formula is C10H6Cl6. The predicted octanol–water partition coefficient (Wildman–Crippen LogP) is 5.23. The fourth-order valence-electron chi connectivity index (χ4n) is 3.09. The Morgan fingerprint density at radius 3 is 2.00 bits per heavy atom. The molecule has 0 aromatic heterocycles. The fraction of sp³-hybridized carbons (Fsp3) is 0.600. The first-order chi connectivity index (χ1) is 7.40. The number of fused-ring (bicyclic) bond motifs is 1. The lowest BCUT2D eigenvalue weighted by Gasteiger charge is -2.37. The highest BCUT2D eigenvalue weighted by molar-refractivity contribution is 6.53. The molecule has 3 aliphatic carbocycles. The summed E-state index contributed by atoms with van der Waals surface area (Å²) in [5, 5.41) is 1.76. The van der Waals surface area contributed by atoms with Crippen LogP contribution in [-0.4, -0.2) is 10.3 Å². The Balaban J connectivity index is 2.29. The summed E-state index contributed by atoms with van der Waals surface area (Å²) in [7, 11) is 0. The first kappa shape index (κ1) is 12.3. The van der Waals surface area contributed by atoms with Crippen molar-refractivity contribution >= 4 is 69.6 Å². The number of halogens is 6. The second-order valence-electron chi connectivity index (χ2n) is 4.45. The second kappa shape index (κ2) is 3.62. The largest absolute Gasteiger partial charge is 0.122 e. The van der Waals surface area contributed by atoms with E-state index in [1.54, 1.807) is 0 Å². The van der Waals surface area contributed by atoms with Crippen molar-refractivity contribution in [3.63, 3.8) is 0 Å². The molecule has 88 valence electrons. The summed E-state index contributed by atoms with van der Waals surface area (Å²) in [5.74, 6) is 0.0937. The predicted molar refractivity (Wildman–Crippen MR) is 70.8 cm³/mol. The van der Waals surface area contributed by atoms with E-state index in [0.717, 1.165) is 6.42 Å². The van der Waals surface area contributed by atoms with Crippen molar-refractivity contribution in [3.8, 4) is 0 Å². The highest BCUT2D eigenvalue weighted by atomic mass is 35.5. The molecule has 0 aliphatic heterocycles. The van der Waals surface area contributed by atoms with Gasteiger partial charge in [0.1, 0.15) is 4.87 Å². The van der Waals surface area contributed by atoms with Gasteiger partial charge >= 0.3 is 0 Å². The first-order valence-electron chi connectivity index (χ1n) is 4.85. The molecule has 1 saturated carbocycles. The average Bonchev–Trinajstić information content (AvgIpc) is 2.66.